The molecule has 0 aliphatic heterocycles. The van der Waals surface area contributed by atoms with E-state index in [-0.39, 0.29) is 0 Å². The van der Waals surface area contributed by atoms with E-state index in [1.54, 1.807) is 0 Å². The van der Waals surface area contributed by atoms with Crippen LogP contribution in [0.5, 0.6) is 0 Å². The standard InChI is InChI=1S/C38H22N2S2/c1-2-10-23(11-3-1)39-31-15-7-4-12-25(31)27-19-20-28-26-13-5-8-16-32(26)40(36(28)35(27)39)24-18-21-34-30(22-24)38-37(42-34)29-14-6-9-17-33(29)41-38/h1-22H. The molecular formula is C38H22N2S2. The van der Waals surface area contributed by atoms with Gasteiger partial charge in [-0.15, -0.1) is 22.7 Å². The second kappa shape index (κ2) is 8.32. The number of fused-ring (bicyclic) bond motifs is 12. The van der Waals surface area contributed by atoms with Crippen LogP contribution in [0.4, 0.5) is 0 Å². The first-order valence-electron chi connectivity index (χ1n) is 14.2. The van der Waals surface area contributed by atoms with E-state index in [2.05, 4.69) is 143 Å². The Bertz CT molecular complexity index is 2680. The Kier molecular flexibility index (Phi) is 4.51. The fourth-order valence-electron chi connectivity index (χ4n) is 6.95. The van der Waals surface area contributed by atoms with Gasteiger partial charge in [0.15, 0.2) is 0 Å². The van der Waals surface area contributed by atoms with Gasteiger partial charge in [-0.2, -0.15) is 0 Å². The summed E-state index contributed by atoms with van der Waals surface area (Å²) < 4.78 is 10.4. The van der Waals surface area contributed by atoms with Crippen LogP contribution in [-0.4, -0.2) is 9.13 Å². The van der Waals surface area contributed by atoms with Gasteiger partial charge in [0.1, 0.15) is 0 Å². The van der Waals surface area contributed by atoms with Gasteiger partial charge in [-0.25, -0.2) is 0 Å². The predicted octanol–water partition coefficient (Wildman–Crippen LogP) is 11.5. The molecule has 2 nitrogen and oxygen atoms in total. The third kappa shape index (κ3) is 2.93. The monoisotopic (exact) mass is 570 g/mol. The summed E-state index contributed by atoms with van der Waals surface area (Å²) in [6.07, 6.45) is 0. The summed E-state index contributed by atoms with van der Waals surface area (Å²) in [6.45, 7) is 0. The molecular weight excluding hydrogens is 549 g/mol. The Morgan fingerprint density at radius 1 is 0.357 bits per heavy atom. The van der Waals surface area contributed by atoms with Gasteiger partial charge in [-0.05, 0) is 48.5 Å². The minimum absolute atomic E-state index is 1.17. The maximum Gasteiger partial charge on any atom is 0.0788 e. The van der Waals surface area contributed by atoms with Gasteiger partial charge >= 0.3 is 0 Å². The van der Waals surface area contributed by atoms with Crippen LogP contribution >= 0.6 is 22.7 Å². The smallest absolute Gasteiger partial charge is 0.0788 e. The van der Waals surface area contributed by atoms with Crippen molar-refractivity contribution in [3.05, 3.63) is 133 Å². The Morgan fingerprint density at radius 2 is 0.881 bits per heavy atom. The molecule has 10 rings (SSSR count). The van der Waals surface area contributed by atoms with Crippen molar-refractivity contribution < 1.29 is 0 Å². The van der Waals surface area contributed by atoms with Crippen LogP contribution in [0.15, 0.2) is 133 Å². The largest absolute Gasteiger partial charge is 0.307 e. The third-order valence-corrected chi connectivity index (χ3v) is 11.2. The van der Waals surface area contributed by atoms with Crippen LogP contribution in [0.2, 0.25) is 0 Å². The Balaban J connectivity index is 1.40. The molecule has 42 heavy (non-hydrogen) atoms. The van der Waals surface area contributed by atoms with Crippen molar-refractivity contribution >= 4 is 95.9 Å². The molecule has 0 N–H and O–H groups in total. The lowest BCUT2D eigenvalue weighted by atomic mass is 10.1. The first-order valence-corrected chi connectivity index (χ1v) is 15.8. The summed E-state index contributed by atoms with van der Waals surface area (Å²) in [5.41, 5.74) is 7.32. The number of para-hydroxylation sites is 3. The quantitative estimate of drug-likeness (QED) is 0.196. The second-order valence-electron chi connectivity index (χ2n) is 10.9. The van der Waals surface area contributed by atoms with E-state index in [4.69, 9.17) is 0 Å². The molecule has 0 bridgehead atoms. The normalized spacial score (nSPS) is 12.3. The molecule has 0 spiro atoms. The number of hydrogen-bond acceptors (Lipinski definition) is 2. The van der Waals surface area contributed by atoms with E-state index >= 15 is 0 Å². The highest BCUT2D eigenvalue weighted by Gasteiger charge is 2.21. The lowest BCUT2D eigenvalue weighted by Crippen LogP contribution is -1.98. The Labute approximate surface area is 248 Å². The van der Waals surface area contributed by atoms with Crippen molar-refractivity contribution in [2.45, 2.75) is 0 Å². The van der Waals surface area contributed by atoms with E-state index in [9.17, 15) is 0 Å². The molecule has 0 unspecified atom stereocenters. The minimum atomic E-state index is 1.17. The van der Waals surface area contributed by atoms with Gasteiger partial charge in [-0.1, -0.05) is 84.9 Å². The molecule has 4 heterocycles. The predicted molar refractivity (Wildman–Crippen MR) is 183 cm³/mol. The first kappa shape index (κ1) is 22.8. The highest BCUT2D eigenvalue weighted by Crippen LogP contribution is 2.46. The zero-order chi connectivity index (χ0) is 27.4. The number of hydrogen-bond donors (Lipinski definition) is 0. The van der Waals surface area contributed by atoms with Crippen molar-refractivity contribution in [1.82, 2.24) is 9.13 Å². The molecule has 6 aromatic carbocycles. The van der Waals surface area contributed by atoms with Gasteiger partial charge in [0.25, 0.3) is 0 Å². The molecule has 196 valence electrons. The number of rotatable bonds is 2. The van der Waals surface area contributed by atoms with Crippen molar-refractivity contribution in [3.63, 3.8) is 0 Å². The lowest BCUT2D eigenvalue weighted by Gasteiger charge is -2.12. The molecule has 4 aromatic heterocycles. The summed E-state index contributed by atoms with van der Waals surface area (Å²) >= 11 is 3.83. The topological polar surface area (TPSA) is 9.86 Å². The highest BCUT2D eigenvalue weighted by molar-refractivity contribution is 7.36. The van der Waals surface area contributed by atoms with Gasteiger partial charge in [0.05, 0.1) is 31.5 Å². The van der Waals surface area contributed by atoms with E-state index in [1.807, 2.05) is 22.7 Å². The van der Waals surface area contributed by atoms with Crippen LogP contribution in [0.3, 0.4) is 0 Å². The molecule has 0 atom stereocenters. The van der Waals surface area contributed by atoms with Crippen molar-refractivity contribution in [3.8, 4) is 11.4 Å². The lowest BCUT2D eigenvalue weighted by molar-refractivity contribution is 1.15. The zero-order valence-corrected chi connectivity index (χ0v) is 24.0. The second-order valence-corrected chi connectivity index (χ2v) is 13.0. The summed E-state index contributed by atoms with van der Waals surface area (Å²) in [6, 6.07) is 48.9. The third-order valence-electron chi connectivity index (χ3n) is 8.71. The van der Waals surface area contributed by atoms with E-state index in [0.29, 0.717) is 0 Å². The molecule has 4 heteroatoms. The summed E-state index contributed by atoms with van der Waals surface area (Å²) in [5.74, 6) is 0. The fraction of sp³-hybridized carbons (Fsp3) is 0. The summed E-state index contributed by atoms with van der Waals surface area (Å²) in [5, 5.41) is 7.80. The van der Waals surface area contributed by atoms with Crippen molar-refractivity contribution in [1.29, 1.82) is 0 Å². The first-order chi connectivity index (χ1) is 20.8. The highest BCUT2D eigenvalue weighted by atomic mass is 32.1. The Hall–Kier alpha value is -4.90. The zero-order valence-electron chi connectivity index (χ0n) is 22.4. The van der Waals surface area contributed by atoms with Gasteiger partial charge in [0.2, 0.25) is 0 Å². The minimum Gasteiger partial charge on any atom is -0.307 e. The van der Waals surface area contributed by atoms with Gasteiger partial charge in [-0.3, -0.25) is 0 Å². The number of thiophene rings is 2. The van der Waals surface area contributed by atoms with E-state index < -0.39 is 0 Å². The van der Waals surface area contributed by atoms with Crippen LogP contribution in [0.1, 0.15) is 0 Å². The molecule has 0 radical (unpaired) electrons. The molecule has 0 amide bonds. The maximum atomic E-state index is 2.50. The molecule has 0 saturated carbocycles. The number of nitrogens with zero attached hydrogens (tertiary/aromatic N) is 2. The van der Waals surface area contributed by atoms with Crippen LogP contribution in [0.25, 0.3) is 84.6 Å². The average Bonchev–Trinajstić information content (AvgIpc) is 3.78. The van der Waals surface area contributed by atoms with Crippen LogP contribution < -0.4 is 0 Å². The number of aromatic nitrogens is 2. The van der Waals surface area contributed by atoms with Crippen LogP contribution in [-0.2, 0) is 0 Å². The molecule has 0 aliphatic carbocycles. The fourth-order valence-corrected chi connectivity index (χ4v) is 9.57. The van der Waals surface area contributed by atoms with E-state index in [0.717, 1.165) is 0 Å². The summed E-state index contributed by atoms with van der Waals surface area (Å²) in [4.78, 5) is 0. The maximum absolute atomic E-state index is 2.50. The number of benzene rings is 6. The van der Waals surface area contributed by atoms with Crippen LogP contribution in [0, 0.1) is 0 Å². The molecule has 0 saturated heterocycles. The molecule has 0 fully saturated rings. The average molecular weight is 571 g/mol. The summed E-state index contributed by atoms with van der Waals surface area (Å²) in [7, 11) is 0. The SMILES string of the molecule is c1ccc(-n2c3ccccc3c3ccc4c5ccccc5n(-c5ccc6sc7c8ccccc8sc7c6c5)c4c32)cc1. The van der Waals surface area contributed by atoms with Crippen molar-refractivity contribution in [2.75, 3.05) is 0 Å². The molecule has 10 aromatic rings. The van der Waals surface area contributed by atoms with Gasteiger partial charge in [0, 0.05) is 53.1 Å². The van der Waals surface area contributed by atoms with Gasteiger partial charge < -0.3 is 9.13 Å². The molecule has 0 aliphatic rings. The Morgan fingerprint density at radius 3 is 1.57 bits per heavy atom. The van der Waals surface area contributed by atoms with E-state index in [1.165, 1.54) is 84.6 Å². The van der Waals surface area contributed by atoms with Crippen molar-refractivity contribution in [2.24, 2.45) is 0 Å².